The summed E-state index contributed by atoms with van der Waals surface area (Å²) in [7, 11) is 1.93. The zero-order valence-corrected chi connectivity index (χ0v) is 11.5. The summed E-state index contributed by atoms with van der Waals surface area (Å²) in [5, 5.41) is 5.94. The van der Waals surface area contributed by atoms with Crippen molar-refractivity contribution in [3.05, 3.63) is 29.8 Å². The topological polar surface area (TPSA) is 44.4 Å². The molecule has 0 fully saturated rings. The van der Waals surface area contributed by atoms with Crippen molar-refractivity contribution in [3.8, 4) is 0 Å². The van der Waals surface area contributed by atoms with E-state index in [0.717, 1.165) is 18.8 Å². The average Bonchev–Trinajstić information content (AvgIpc) is 2.38. The third kappa shape index (κ3) is 4.37. The fourth-order valence-corrected chi connectivity index (χ4v) is 1.84. The third-order valence-electron chi connectivity index (χ3n) is 2.77. The lowest BCUT2D eigenvalue weighted by molar-refractivity contribution is -0.119. The first kappa shape index (κ1) is 14.5. The lowest BCUT2D eigenvalue weighted by Gasteiger charge is -2.22. The molecule has 0 radical (unpaired) electrons. The van der Waals surface area contributed by atoms with Crippen molar-refractivity contribution >= 4 is 11.6 Å². The molecule has 4 heteroatoms. The highest BCUT2D eigenvalue weighted by Crippen LogP contribution is 2.14. The summed E-state index contributed by atoms with van der Waals surface area (Å²) < 4.78 is 0. The van der Waals surface area contributed by atoms with Gasteiger partial charge in [0.15, 0.2) is 0 Å². The first-order chi connectivity index (χ1) is 8.71. The molecule has 100 valence electrons. The van der Waals surface area contributed by atoms with Gasteiger partial charge in [-0.25, -0.2) is 0 Å². The summed E-state index contributed by atoms with van der Waals surface area (Å²) in [6, 6.07) is 8.31. The van der Waals surface area contributed by atoms with Crippen LogP contribution in [-0.4, -0.2) is 32.6 Å². The van der Waals surface area contributed by atoms with Crippen LogP contribution < -0.4 is 15.5 Å². The fourth-order valence-electron chi connectivity index (χ4n) is 1.84. The van der Waals surface area contributed by atoms with Crippen molar-refractivity contribution in [1.82, 2.24) is 10.6 Å². The van der Waals surface area contributed by atoms with Crippen LogP contribution in [0.2, 0.25) is 0 Å². The maximum absolute atomic E-state index is 11.6. The summed E-state index contributed by atoms with van der Waals surface area (Å²) in [6.07, 6.45) is 0. The Balaban J connectivity index is 2.66. The number of carbonyl (C=O) groups is 1. The van der Waals surface area contributed by atoms with E-state index in [1.807, 2.05) is 14.0 Å². The van der Waals surface area contributed by atoms with Gasteiger partial charge in [0.1, 0.15) is 0 Å². The number of carbonyl (C=O) groups excluding carboxylic acids is 1. The van der Waals surface area contributed by atoms with Crippen molar-refractivity contribution in [1.29, 1.82) is 0 Å². The monoisotopic (exact) mass is 249 g/mol. The SMILES string of the molecule is CCNC(=O)CN(CC)c1ccc(CNC)cc1. The van der Waals surface area contributed by atoms with E-state index in [9.17, 15) is 4.79 Å². The largest absolute Gasteiger partial charge is 0.363 e. The summed E-state index contributed by atoms with van der Waals surface area (Å²) >= 11 is 0. The Bertz CT molecular complexity index is 362. The molecule has 1 amide bonds. The molecule has 2 N–H and O–H groups in total. The van der Waals surface area contributed by atoms with Gasteiger partial charge in [0.2, 0.25) is 5.91 Å². The van der Waals surface area contributed by atoms with Crippen LogP contribution in [0.15, 0.2) is 24.3 Å². The molecule has 1 aromatic rings. The standard InChI is InChI=1S/C14H23N3O/c1-4-16-14(18)11-17(5-2)13-8-6-12(7-9-13)10-15-3/h6-9,15H,4-5,10-11H2,1-3H3,(H,16,18). The van der Waals surface area contributed by atoms with Gasteiger partial charge in [-0.3, -0.25) is 4.79 Å². The minimum Gasteiger partial charge on any atom is -0.363 e. The molecule has 0 aromatic heterocycles. The van der Waals surface area contributed by atoms with Gasteiger partial charge in [0.05, 0.1) is 6.54 Å². The van der Waals surface area contributed by atoms with Crippen LogP contribution in [0.4, 0.5) is 5.69 Å². The molecule has 4 nitrogen and oxygen atoms in total. The molecule has 0 aliphatic heterocycles. The molecule has 0 aliphatic carbocycles. The molecule has 1 rings (SSSR count). The second-order valence-electron chi connectivity index (χ2n) is 4.16. The number of rotatable bonds is 7. The Morgan fingerprint density at radius 3 is 2.39 bits per heavy atom. The third-order valence-corrected chi connectivity index (χ3v) is 2.77. The lowest BCUT2D eigenvalue weighted by Crippen LogP contribution is -2.37. The van der Waals surface area contributed by atoms with Crippen molar-refractivity contribution in [2.45, 2.75) is 20.4 Å². The summed E-state index contributed by atoms with van der Waals surface area (Å²) in [5.74, 6) is 0.0682. The van der Waals surface area contributed by atoms with Crippen LogP contribution in [-0.2, 0) is 11.3 Å². The number of nitrogens with one attached hydrogen (secondary N) is 2. The lowest BCUT2D eigenvalue weighted by atomic mass is 10.2. The molecular weight excluding hydrogens is 226 g/mol. The molecule has 0 bridgehead atoms. The molecule has 0 unspecified atom stereocenters. The van der Waals surface area contributed by atoms with Crippen molar-refractivity contribution in [2.24, 2.45) is 0 Å². The Morgan fingerprint density at radius 1 is 1.22 bits per heavy atom. The molecule has 0 spiro atoms. The van der Waals surface area contributed by atoms with Gasteiger partial charge >= 0.3 is 0 Å². The van der Waals surface area contributed by atoms with Crippen LogP contribution >= 0.6 is 0 Å². The van der Waals surface area contributed by atoms with Gasteiger partial charge < -0.3 is 15.5 Å². The van der Waals surface area contributed by atoms with E-state index >= 15 is 0 Å². The highest BCUT2D eigenvalue weighted by Gasteiger charge is 2.08. The first-order valence-electron chi connectivity index (χ1n) is 6.46. The Kier molecular flexibility index (Phi) is 6.22. The van der Waals surface area contributed by atoms with Gasteiger partial charge in [0, 0.05) is 25.3 Å². The molecule has 0 heterocycles. The van der Waals surface area contributed by atoms with Crippen molar-refractivity contribution < 1.29 is 4.79 Å². The molecule has 0 saturated heterocycles. The normalized spacial score (nSPS) is 10.2. The molecule has 18 heavy (non-hydrogen) atoms. The van der Waals surface area contributed by atoms with Crippen LogP contribution in [0.25, 0.3) is 0 Å². The summed E-state index contributed by atoms with van der Waals surface area (Å²) in [5.41, 5.74) is 2.33. The summed E-state index contributed by atoms with van der Waals surface area (Å²) in [4.78, 5) is 13.7. The Morgan fingerprint density at radius 2 is 1.89 bits per heavy atom. The van der Waals surface area contributed by atoms with Gasteiger partial charge in [-0.05, 0) is 38.6 Å². The number of anilines is 1. The first-order valence-corrected chi connectivity index (χ1v) is 6.46. The number of hydrogen-bond donors (Lipinski definition) is 2. The number of amides is 1. The molecular formula is C14H23N3O. The van der Waals surface area contributed by atoms with Gasteiger partial charge in [-0.2, -0.15) is 0 Å². The van der Waals surface area contributed by atoms with Crippen LogP contribution in [0.1, 0.15) is 19.4 Å². The predicted octanol–water partition coefficient (Wildman–Crippen LogP) is 1.37. The average molecular weight is 249 g/mol. The van der Waals surface area contributed by atoms with Gasteiger partial charge in [-0.1, -0.05) is 12.1 Å². The smallest absolute Gasteiger partial charge is 0.239 e. The van der Waals surface area contributed by atoms with Crippen LogP contribution in [0.3, 0.4) is 0 Å². The van der Waals surface area contributed by atoms with Crippen molar-refractivity contribution in [2.75, 3.05) is 31.6 Å². The van der Waals surface area contributed by atoms with E-state index in [4.69, 9.17) is 0 Å². The van der Waals surface area contributed by atoms with E-state index < -0.39 is 0 Å². The zero-order valence-electron chi connectivity index (χ0n) is 11.5. The molecule has 0 aliphatic rings. The predicted molar refractivity (Wildman–Crippen MR) is 75.8 cm³/mol. The zero-order chi connectivity index (χ0) is 13.4. The van der Waals surface area contributed by atoms with E-state index in [1.165, 1.54) is 5.56 Å². The summed E-state index contributed by atoms with van der Waals surface area (Å²) in [6.45, 7) is 6.76. The fraction of sp³-hybridized carbons (Fsp3) is 0.500. The minimum atomic E-state index is 0.0682. The van der Waals surface area contributed by atoms with E-state index in [1.54, 1.807) is 0 Å². The number of nitrogens with zero attached hydrogens (tertiary/aromatic N) is 1. The number of benzene rings is 1. The minimum absolute atomic E-state index is 0.0682. The van der Waals surface area contributed by atoms with Crippen LogP contribution in [0.5, 0.6) is 0 Å². The van der Waals surface area contributed by atoms with Crippen LogP contribution in [0, 0.1) is 0 Å². The quantitative estimate of drug-likeness (QED) is 0.767. The second kappa shape index (κ2) is 7.71. The maximum Gasteiger partial charge on any atom is 0.239 e. The molecule has 0 atom stereocenters. The molecule has 1 aromatic carbocycles. The molecule has 0 saturated carbocycles. The Hall–Kier alpha value is -1.55. The van der Waals surface area contributed by atoms with Gasteiger partial charge in [-0.15, -0.1) is 0 Å². The van der Waals surface area contributed by atoms with E-state index in [2.05, 4.69) is 46.7 Å². The second-order valence-corrected chi connectivity index (χ2v) is 4.16. The highest BCUT2D eigenvalue weighted by atomic mass is 16.2. The number of hydrogen-bond acceptors (Lipinski definition) is 3. The van der Waals surface area contributed by atoms with Gasteiger partial charge in [0.25, 0.3) is 0 Å². The van der Waals surface area contributed by atoms with E-state index in [-0.39, 0.29) is 5.91 Å². The maximum atomic E-state index is 11.6. The van der Waals surface area contributed by atoms with Crippen molar-refractivity contribution in [3.63, 3.8) is 0 Å². The number of likely N-dealkylation sites (N-methyl/N-ethyl adjacent to an activating group) is 2. The Labute approximate surface area is 109 Å². The highest BCUT2D eigenvalue weighted by molar-refractivity contribution is 5.81. The van der Waals surface area contributed by atoms with E-state index in [0.29, 0.717) is 13.1 Å².